The van der Waals surface area contributed by atoms with Gasteiger partial charge in [0.25, 0.3) is 10.1 Å². The Hall–Kier alpha value is -1.59. The summed E-state index contributed by atoms with van der Waals surface area (Å²) in [6, 6.07) is 11.1. The van der Waals surface area contributed by atoms with Crippen LogP contribution in [0.15, 0.2) is 36.4 Å². The molecular formula is C14H15NO3S. The van der Waals surface area contributed by atoms with Crippen molar-refractivity contribution in [1.29, 1.82) is 0 Å². The molecule has 0 radical (unpaired) electrons. The Morgan fingerprint density at radius 1 is 1.11 bits per heavy atom. The number of hydrogen-bond donors (Lipinski definition) is 2. The molecular weight excluding hydrogens is 262 g/mol. The fraction of sp³-hybridized carbons (Fsp3) is 0.286. The Labute approximate surface area is 112 Å². The topological polar surface area (TPSA) is 80.4 Å². The summed E-state index contributed by atoms with van der Waals surface area (Å²) in [7, 11) is -4.17. The zero-order valence-electron chi connectivity index (χ0n) is 10.3. The lowest BCUT2D eigenvalue weighted by molar-refractivity contribution is 0.314. The standard InChI is InChI=1S/C14H15NO3S/c15-12-7-6-10-4-1-2-5-11(10)13(12)14(8-3-9-14)19(16,17)18/h1-2,4-7H,3,8-9,15H2,(H,16,17,18). The van der Waals surface area contributed by atoms with Crippen LogP contribution in [0.1, 0.15) is 24.8 Å². The minimum Gasteiger partial charge on any atom is -0.398 e. The average Bonchev–Trinajstić information content (AvgIpc) is 2.29. The smallest absolute Gasteiger partial charge is 0.275 e. The van der Waals surface area contributed by atoms with Crippen molar-refractivity contribution in [3.05, 3.63) is 42.0 Å². The van der Waals surface area contributed by atoms with Gasteiger partial charge in [-0.1, -0.05) is 30.3 Å². The second kappa shape index (κ2) is 3.95. The van der Waals surface area contributed by atoms with Gasteiger partial charge < -0.3 is 5.73 Å². The van der Waals surface area contributed by atoms with Gasteiger partial charge in [0.05, 0.1) is 0 Å². The van der Waals surface area contributed by atoms with Crippen molar-refractivity contribution in [3.8, 4) is 0 Å². The third-order valence-electron chi connectivity index (χ3n) is 4.07. The van der Waals surface area contributed by atoms with E-state index in [4.69, 9.17) is 5.73 Å². The fourth-order valence-electron chi connectivity index (χ4n) is 2.93. The van der Waals surface area contributed by atoms with Crippen LogP contribution in [0, 0.1) is 0 Å². The zero-order chi connectivity index (χ0) is 13.7. The molecule has 100 valence electrons. The molecule has 0 unspecified atom stereocenters. The van der Waals surface area contributed by atoms with Gasteiger partial charge in [-0.15, -0.1) is 0 Å². The molecule has 2 aromatic rings. The van der Waals surface area contributed by atoms with E-state index >= 15 is 0 Å². The van der Waals surface area contributed by atoms with Gasteiger partial charge in [0.1, 0.15) is 4.75 Å². The third-order valence-corrected chi connectivity index (χ3v) is 5.67. The van der Waals surface area contributed by atoms with Crippen molar-refractivity contribution in [2.45, 2.75) is 24.0 Å². The van der Waals surface area contributed by atoms with Gasteiger partial charge in [0.15, 0.2) is 0 Å². The van der Waals surface area contributed by atoms with E-state index in [2.05, 4.69) is 0 Å². The maximum Gasteiger partial charge on any atom is 0.275 e. The normalized spacial score (nSPS) is 18.2. The Kier molecular flexibility index (Phi) is 2.59. The van der Waals surface area contributed by atoms with Crippen LogP contribution in [0.25, 0.3) is 10.8 Å². The predicted octanol–water partition coefficient (Wildman–Crippen LogP) is 2.69. The molecule has 19 heavy (non-hydrogen) atoms. The van der Waals surface area contributed by atoms with Crippen molar-refractivity contribution >= 4 is 26.6 Å². The first-order valence-electron chi connectivity index (χ1n) is 6.20. The summed E-state index contributed by atoms with van der Waals surface area (Å²) < 4.78 is 32.1. The van der Waals surface area contributed by atoms with E-state index < -0.39 is 14.9 Å². The Balaban J connectivity index is 2.39. The van der Waals surface area contributed by atoms with Crippen molar-refractivity contribution < 1.29 is 13.0 Å². The number of hydrogen-bond acceptors (Lipinski definition) is 3. The van der Waals surface area contributed by atoms with Crippen LogP contribution in [0.5, 0.6) is 0 Å². The second-order valence-electron chi connectivity index (χ2n) is 5.07. The number of anilines is 1. The molecule has 0 saturated heterocycles. The molecule has 0 bridgehead atoms. The average molecular weight is 277 g/mol. The molecule has 0 aliphatic heterocycles. The highest BCUT2D eigenvalue weighted by Crippen LogP contribution is 2.51. The number of rotatable bonds is 2. The van der Waals surface area contributed by atoms with Gasteiger partial charge in [-0.2, -0.15) is 8.42 Å². The predicted molar refractivity (Wildman–Crippen MR) is 75.4 cm³/mol. The summed E-state index contributed by atoms with van der Waals surface area (Å²) in [6.45, 7) is 0. The zero-order valence-corrected chi connectivity index (χ0v) is 11.2. The van der Waals surface area contributed by atoms with Gasteiger partial charge >= 0.3 is 0 Å². The molecule has 0 heterocycles. The number of benzene rings is 2. The molecule has 4 nitrogen and oxygen atoms in total. The Bertz CT molecular complexity index is 748. The van der Waals surface area contributed by atoms with Crippen LogP contribution in [0.2, 0.25) is 0 Å². The van der Waals surface area contributed by atoms with E-state index in [1.54, 1.807) is 6.07 Å². The van der Waals surface area contributed by atoms with E-state index in [-0.39, 0.29) is 0 Å². The van der Waals surface area contributed by atoms with Gasteiger partial charge in [0.2, 0.25) is 0 Å². The summed E-state index contributed by atoms with van der Waals surface area (Å²) in [5.74, 6) is 0. The number of nitrogen functional groups attached to an aromatic ring is 1. The molecule has 0 spiro atoms. The van der Waals surface area contributed by atoms with Gasteiger partial charge in [-0.25, -0.2) is 0 Å². The van der Waals surface area contributed by atoms with E-state index in [1.807, 2.05) is 30.3 Å². The molecule has 3 N–H and O–H groups in total. The SMILES string of the molecule is Nc1ccc2ccccc2c1C1(S(=O)(=O)O)CCC1. The molecule has 2 aromatic carbocycles. The van der Waals surface area contributed by atoms with E-state index in [1.165, 1.54) is 0 Å². The molecule has 0 atom stereocenters. The van der Waals surface area contributed by atoms with E-state index in [0.29, 0.717) is 24.1 Å². The lowest BCUT2D eigenvalue weighted by Gasteiger charge is -2.40. The fourth-order valence-corrected chi connectivity index (χ4v) is 4.22. The first-order chi connectivity index (χ1) is 8.96. The lowest BCUT2D eigenvalue weighted by atomic mass is 9.76. The first kappa shape index (κ1) is 12.4. The van der Waals surface area contributed by atoms with Crippen LogP contribution in [-0.4, -0.2) is 13.0 Å². The Morgan fingerprint density at radius 3 is 2.37 bits per heavy atom. The maximum absolute atomic E-state index is 11.8. The van der Waals surface area contributed by atoms with Crippen molar-refractivity contribution in [2.24, 2.45) is 0 Å². The van der Waals surface area contributed by atoms with Crippen molar-refractivity contribution in [3.63, 3.8) is 0 Å². The highest BCUT2D eigenvalue weighted by atomic mass is 32.2. The van der Waals surface area contributed by atoms with Crippen LogP contribution in [0.3, 0.4) is 0 Å². The van der Waals surface area contributed by atoms with Crippen LogP contribution in [-0.2, 0) is 14.9 Å². The van der Waals surface area contributed by atoms with Gasteiger partial charge in [0, 0.05) is 11.3 Å². The number of fused-ring (bicyclic) bond motifs is 1. The van der Waals surface area contributed by atoms with Crippen LogP contribution in [0.4, 0.5) is 5.69 Å². The summed E-state index contributed by atoms with van der Waals surface area (Å²) in [6.07, 6.45) is 1.62. The van der Waals surface area contributed by atoms with Crippen molar-refractivity contribution in [1.82, 2.24) is 0 Å². The quantitative estimate of drug-likeness (QED) is 0.653. The van der Waals surface area contributed by atoms with Gasteiger partial charge in [-0.05, 0) is 36.1 Å². The molecule has 1 aliphatic rings. The molecule has 1 aliphatic carbocycles. The van der Waals surface area contributed by atoms with E-state index in [0.717, 1.165) is 17.2 Å². The molecule has 1 fully saturated rings. The summed E-state index contributed by atoms with van der Waals surface area (Å²) >= 11 is 0. The summed E-state index contributed by atoms with van der Waals surface area (Å²) in [5.41, 5.74) is 6.99. The monoisotopic (exact) mass is 277 g/mol. The first-order valence-corrected chi connectivity index (χ1v) is 7.64. The molecule has 0 amide bonds. The lowest BCUT2D eigenvalue weighted by Crippen LogP contribution is -2.42. The Morgan fingerprint density at radius 2 is 1.79 bits per heavy atom. The molecule has 1 saturated carbocycles. The molecule has 3 rings (SSSR count). The largest absolute Gasteiger partial charge is 0.398 e. The highest BCUT2D eigenvalue weighted by molar-refractivity contribution is 7.86. The second-order valence-corrected chi connectivity index (χ2v) is 6.81. The minimum atomic E-state index is -4.17. The van der Waals surface area contributed by atoms with Crippen molar-refractivity contribution in [2.75, 3.05) is 5.73 Å². The molecule has 5 heteroatoms. The van der Waals surface area contributed by atoms with Gasteiger partial charge in [-0.3, -0.25) is 4.55 Å². The maximum atomic E-state index is 11.8. The highest BCUT2D eigenvalue weighted by Gasteiger charge is 2.51. The molecule has 0 aromatic heterocycles. The van der Waals surface area contributed by atoms with Crippen LogP contribution >= 0.6 is 0 Å². The summed E-state index contributed by atoms with van der Waals surface area (Å²) in [5, 5.41) is 1.74. The minimum absolute atomic E-state index is 0.421. The third kappa shape index (κ3) is 1.65. The van der Waals surface area contributed by atoms with E-state index in [9.17, 15) is 13.0 Å². The number of nitrogens with two attached hydrogens (primary N) is 1. The summed E-state index contributed by atoms with van der Waals surface area (Å²) in [4.78, 5) is 0. The van der Waals surface area contributed by atoms with Crippen LogP contribution < -0.4 is 5.73 Å².